The van der Waals surface area contributed by atoms with E-state index in [1.54, 1.807) is 0 Å². The molecule has 0 aliphatic heterocycles. The summed E-state index contributed by atoms with van der Waals surface area (Å²) in [4.78, 5) is 22.3. The maximum Gasteiger partial charge on any atom is 0.320 e. The molecule has 0 N–H and O–H groups in total. The van der Waals surface area contributed by atoms with Crippen molar-refractivity contribution in [1.82, 2.24) is 0 Å². The van der Waals surface area contributed by atoms with Crippen LogP contribution in [0.15, 0.2) is 0 Å². The number of esters is 2. The SMILES string of the molecule is COC(=O)C[C@H](SSC(Cl)(Cl)Cl)C(=O)OC. The van der Waals surface area contributed by atoms with Crippen LogP contribution in [0.2, 0.25) is 0 Å². The van der Waals surface area contributed by atoms with Crippen molar-refractivity contribution in [1.29, 1.82) is 0 Å². The summed E-state index contributed by atoms with van der Waals surface area (Å²) in [5, 5.41) is -0.766. The van der Waals surface area contributed by atoms with Gasteiger partial charge >= 0.3 is 11.9 Å². The van der Waals surface area contributed by atoms with Crippen LogP contribution in [0.4, 0.5) is 0 Å². The Balaban J connectivity index is 4.33. The van der Waals surface area contributed by atoms with Gasteiger partial charge in [0.2, 0.25) is 3.12 Å². The highest BCUT2D eigenvalue weighted by Gasteiger charge is 2.29. The van der Waals surface area contributed by atoms with Crippen LogP contribution < -0.4 is 0 Å². The van der Waals surface area contributed by atoms with E-state index in [4.69, 9.17) is 34.8 Å². The number of carbonyl (C=O) groups excluding carboxylic acids is 2. The fourth-order valence-corrected chi connectivity index (χ4v) is 3.34. The first kappa shape index (κ1) is 16.5. The highest BCUT2D eigenvalue weighted by Crippen LogP contribution is 2.48. The van der Waals surface area contributed by atoms with Crippen LogP contribution in [-0.2, 0) is 19.1 Å². The summed E-state index contributed by atoms with van der Waals surface area (Å²) in [5.41, 5.74) is 0. The summed E-state index contributed by atoms with van der Waals surface area (Å²) in [5.74, 6) is -1.11. The quantitative estimate of drug-likeness (QED) is 0.440. The van der Waals surface area contributed by atoms with E-state index in [-0.39, 0.29) is 6.42 Å². The normalized spacial score (nSPS) is 13.1. The molecule has 0 aromatic carbocycles. The standard InChI is InChI=1S/C7H9Cl3O4S2/c1-13-5(11)3-4(6(12)14-2)15-16-7(8,9)10/h4H,3H2,1-2H3/t4-/m0/s1. The van der Waals surface area contributed by atoms with Crippen LogP contribution in [0.5, 0.6) is 0 Å². The van der Waals surface area contributed by atoms with E-state index in [9.17, 15) is 9.59 Å². The molecule has 0 heterocycles. The monoisotopic (exact) mass is 326 g/mol. The van der Waals surface area contributed by atoms with E-state index >= 15 is 0 Å². The van der Waals surface area contributed by atoms with Gasteiger partial charge in [-0.2, -0.15) is 0 Å². The second-order valence-electron chi connectivity index (χ2n) is 2.42. The molecule has 0 aliphatic carbocycles. The zero-order valence-electron chi connectivity index (χ0n) is 8.37. The summed E-state index contributed by atoms with van der Waals surface area (Å²) < 4.78 is 7.39. The Morgan fingerprint density at radius 1 is 1.25 bits per heavy atom. The van der Waals surface area contributed by atoms with Crippen molar-refractivity contribution in [3.63, 3.8) is 0 Å². The highest BCUT2D eigenvalue weighted by atomic mass is 35.6. The lowest BCUT2D eigenvalue weighted by Gasteiger charge is -2.15. The molecule has 0 radical (unpaired) electrons. The summed E-state index contributed by atoms with van der Waals surface area (Å²) in [6.07, 6.45) is -0.137. The van der Waals surface area contributed by atoms with Gasteiger partial charge in [-0.15, -0.1) is 0 Å². The molecule has 0 bridgehead atoms. The predicted octanol–water partition coefficient (Wildman–Crippen LogP) is 2.80. The van der Waals surface area contributed by atoms with Crippen molar-refractivity contribution in [3.8, 4) is 0 Å². The fraction of sp³-hybridized carbons (Fsp3) is 0.714. The molecule has 0 saturated heterocycles. The molecule has 0 fully saturated rings. The van der Waals surface area contributed by atoms with Crippen LogP contribution >= 0.6 is 56.4 Å². The Morgan fingerprint density at radius 2 is 1.81 bits per heavy atom. The number of ether oxygens (including phenoxy) is 2. The number of methoxy groups -OCH3 is 2. The number of halogens is 3. The van der Waals surface area contributed by atoms with Crippen LogP contribution in [0.1, 0.15) is 6.42 Å². The minimum Gasteiger partial charge on any atom is -0.469 e. The lowest BCUT2D eigenvalue weighted by atomic mass is 10.3. The number of hydrogen-bond acceptors (Lipinski definition) is 6. The Morgan fingerprint density at radius 3 is 2.19 bits per heavy atom. The zero-order valence-corrected chi connectivity index (χ0v) is 12.3. The average molecular weight is 328 g/mol. The molecule has 0 rings (SSSR count). The van der Waals surface area contributed by atoms with E-state index in [0.29, 0.717) is 0 Å². The Kier molecular flexibility index (Phi) is 8.01. The van der Waals surface area contributed by atoms with Gasteiger partial charge in [0.25, 0.3) is 0 Å². The predicted molar refractivity (Wildman–Crippen MR) is 67.9 cm³/mol. The third kappa shape index (κ3) is 7.73. The minimum absolute atomic E-state index is 0.137. The third-order valence-electron chi connectivity index (χ3n) is 1.30. The fourth-order valence-electron chi connectivity index (χ4n) is 0.635. The molecule has 0 saturated carbocycles. The maximum absolute atomic E-state index is 11.3. The van der Waals surface area contributed by atoms with Crippen LogP contribution in [0.3, 0.4) is 0 Å². The molecule has 0 aliphatic rings. The first-order valence-corrected chi connectivity index (χ1v) is 7.20. The highest BCUT2D eigenvalue weighted by molar-refractivity contribution is 8.78. The van der Waals surface area contributed by atoms with Gasteiger partial charge in [-0.1, -0.05) is 45.6 Å². The summed E-state index contributed by atoms with van der Waals surface area (Å²) in [6, 6.07) is 0. The van der Waals surface area contributed by atoms with Crippen molar-refractivity contribution in [2.45, 2.75) is 14.8 Å². The average Bonchev–Trinajstić information content (AvgIpc) is 2.21. The lowest BCUT2D eigenvalue weighted by Crippen LogP contribution is -2.22. The van der Waals surface area contributed by atoms with Gasteiger partial charge in [-0.05, 0) is 10.8 Å². The number of carbonyl (C=O) groups is 2. The topological polar surface area (TPSA) is 52.6 Å². The summed E-state index contributed by atoms with van der Waals surface area (Å²) in [7, 11) is 4.23. The number of hydrogen-bond donors (Lipinski definition) is 0. The van der Waals surface area contributed by atoms with Crippen LogP contribution in [-0.4, -0.2) is 34.5 Å². The van der Waals surface area contributed by atoms with Gasteiger partial charge in [0.15, 0.2) is 0 Å². The zero-order chi connectivity index (χ0) is 12.8. The third-order valence-corrected chi connectivity index (χ3v) is 5.43. The molecule has 4 nitrogen and oxygen atoms in total. The largest absolute Gasteiger partial charge is 0.469 e. The van der Waals surface area contributed by atoms with Gasteiger partial charge in [0.1, 0.15) is 5.25 Å². The molecule has 0 amide bonds. The minimum atomic E-state index is -1.56. The van der Waals surface area contributed by atoms with Gasteiger partial charge in [0.05, 0.1) is 20.6 Å². The van der Waals surface area contributed by atoms with Gasteiger partial charge in [0, 0.05) is 0 Å². The second-order valence-corrected chi connectivity index (χ2v) is 7.99. The first-order valence-electron chi connectivity index (χ1n) is 3.86. The Hall–Kier alpha value is 0.510. The molecular weight excluding hydrogens is 319 g/mol. The summed E-state index contributed by atoms with van der Waals surface area (Å²) in [6.45, 7) is 0. The molecule has 9 heteroatoms. The van der Waals surface area contributed by atoms with E-state index in [1.807, 2.05) is 0 Å². The molecule has 0 aromatic heterocycles. The molecule has 1 atom stereocenters. The van der Waals surface area contributed by atoms with Crippen molar-refractivity contribution in [3.05, 3.63) is 0 Å². The number of rotatable bonds is 5. The van der Waals surface area contributed by atoms with Crippen molar-refractivity contribution in [2.24, 2.45) is 0 Å². The van der Waals surface area contributed by atoms with E-state index in [2.05, 4.69) is 9.47 Å². The molecule has 0 unspecified atom stereocenters. The van der Waals surface area contributed by atoms with Crippen molar-refractivity contribution < 1.29 is 19.1 Å². The van der Waals surface area contributed by atoms with E-state index in [0.717, 1.165) is 21.6 Å². The van der Waals surface area contributed by atoms with Gasteiger partial charge < -0.3 is 9.47 Å². The summed E-state index contributed by atoms with van der Waals surface area (Å²) >= 11 is 16.5. The molecule has 0 aromatic rings. The van der Waals surface area contributed by atoms with Crippen LogP contribution in [0.25, 0.3) is 0 Å². The second kappa shape index (κ2) is 7.76. The van der Waals surface area contributed by atoms with Crippen molar-refractivity contribution >= 4 is 68.3 Å². The van der Waals surface area contributed by atoms with Gasteiger partial charge in [-0.25, -0.2) is 0 Å². The molecule has 16 heavy (non-hydrogen) atoms. The molecular formula is C7H9Cl3O4S2. The van der Waals surface area contributed by atoms with Crippen molar-refractivity contribution in [2.75, 3.05) is 14.2 Å². The molecule has 0 spiro atoms. The van der Waals surface area contributed by atoms with E-state index in [1.165, 1.54) is 14.2 Å². The smallest absolute Gasteiger partial charge is 0.320 e. The maximum atomic E-state index is 11.3. The van der Waals surface area contributed by atoms with Gasteiger partial charge in [-0.3, -0.25) is 9.59 Å². The van der Waals surface area contributed by atoms with E-state index < -0.39 is 20.3 Å². The lowest BCUT2D eigenvalue weighted by molar-refractivity contribution is -0.146. The first-order chi connectivity index (χ1) is 7.30. The van der Waals surface area contributed by atoms with Crippen LogP contribution in [0, 0.1) is 0 Å². The molecule has 94 valence electrons. The Bertz CT molecular complexity index is 257. The Labute approximate surface area is 116 Å². The number of alkyl halides is 3.